The summed E-state index contributed by atoms with van der Waals surface area (Å²) in [6.07, 6.45) is 4.56. The van der Waals surface area contributed by atoms with Gasteiger partial charge in [0.15, 0.2) is 5.13 Å². The summed E-state index contributed by atoms with van der Waals surface area (Å²) in [5.41, 5.74) is 5.59. The van der Waals surface area contributed by atoms with Crippen LogP contribution in [0.15, 0.2) is 6.20 Å². The number of piperidine rings is 1. The molecule has 1 aromatic rings. The third-order valence-corrected chi connectivity index (χ3v) is 3.64. The second-order valence-corrected chi connectivity index (χ2v) is 5.27. The van der Waals surface area contributed by atoms with Crippen LogP contribution >= 0.6 is 11.3 Å². The number of nitrogens with two attached hydrogens (primary N) is 1. The average Bonchev–Trinajstić information content (AvgIpc) is 2.56. The van der Waals surface area contributed by atoms with Crippen molar-refractivity contribution in [3.63, 3.8) is 0 Å². The number of aromatic nitrogens is 1. The zero-order chi connectivity index (χ0) is 9.97. The minimum Gasteiger partial charge on any atom is -0.375 e. The van der Waals surface area contributed by atoms with Gasteiger partial charge in [-0.25, -0.2) is 4.98 Å². The van der Waals surface area contributed by atoms with E-state index in [-0.39, 0.29) is 0 Å². The van der Waals surface area contributed by atoms with Crippen molar-refractivity contribution in [2.45, 2.75) is 26.3 Å². The molecule has 1 aliphatic heterocycles. The fraction of sp³-hybridized carbons (Fsp3) is 0.700. The summed E-state index contributed by atoms with van der Waals surface area (Å²) in [6.45, 7) is 5.81. The van der Waals surface area contributed by atoms with Crippen LogP contribution in [-0.4, -0.2) is 23.0 Å². The van der Waals surface area contributed by atoms with Gasteiger partial charge < -0.3 is 5.73 Å². The number of nitrogens with zero attached hydrogens (tertiary/aromatic N) is 2. The van der Waals surface area contributed by atoms with E-state index >= 15 is 0 Å². The fourth-order valence-electron chi connectivity index (χ4n) is 1.84. The third kappa shape index (κ3) is 2.45. The number of anilines is 1. The number of thiazole rings is 1. The van der Waals surface area contributed by atoms with E-state index in [9.17, 15) is 0 Å². The molecule has 0 aliphatic carbocycles. The van der Waals surface area contributed by atoms with Gasteiger partial charge in [0, 0.05) is 17.6 Å². The van der Waals surface area contributed by atoms with Gasteiger partial charge in [-0.1, -0.05) is 6.92 Å². The van der Waals surface area contributed by atoms with E-state index in [1.165, 1.54) is 30.8 Å². The van der Waals surface area contributed by atoms with Crippen LogP contribution < -0.4 is 5.73 Å². The summed E-state index contributed by atoms with van der Waals surface area (Å²) in [5, 5.41) is 0.686. The molecular weight excluding hydrogens is 194 g/mol. The first-order valence-electron chi connectivity index (χ1n) is 5.16. The number of rotatable bonds is 2. The van der Waals surface area contributed by atoms with Crippen molar-refractivity contribution in [1.29, 1.82) is 0 Å². The number of nitrogen functional groups attached to an aromatic ring is 1. The first-order valence-corrected chi connectivity index (χ1v) is 5.98. The Morgan fingerprint density at radius 1 is 1.57 bits per heavy atom. The van der Waals surface area contributed by atoms with Crippen LogP contribution in [0.1, 0.15) is 24.6 Å². The van der Waals surface area contributed by atoms with Crippen LogP contribution in [-0.2, 0) is 6.54 Å². The van der Waals surface area contributed by atoms with Crippen molar-refractivity contribution in [3.05, 3.63) is 11.1 Å². The van der Waals surface area contributed by atoms with Crippen molar-refractivity contribution in [2.24, 2.45) is 5.92 Å². The van der Waals surface area contributed by atoms with Crippen LogP contribution in [0.5, 0.6) is 0 Å². The molecule has 0 saturated carbocycles. The molecule has 3 nitrogen and oxygen atoms in total. The lowest BCUT2D eigenvalue weighted by molar-refractivity contribution is 0.186. The van der Waals surface area contributed by atoms with Crippen molar-refractivity contribution >= 4 is 16.5 Å². The van der Waals surface area contributed by atoms with E-state index in [2.05, 4.69) is 16.8 Å². The molecule has 0 radical (unpaired) electrons. The lowest BCUT2D eigenvalue weighted by Crippen LogP contribution is -2.32. The molecule has 1 fully saturated rings. The van der Waals surface area contributed by atoms with Crippen molar-refractivity contribution < 1.29 is 0 Å². The van der Waals surface area contributed by atoms with Crippen molar-refractivity contribution in [2.75, 3.05) is 18.8 Å². The summed E-state index contributed by atoms with van der Waals surface area (Å²) in [6, 6.07) is 0. The van der Waals surface area contributed by atoms with Crippen molar-refractivity contribution in [3.8, 4) is 0 Å². The summed E-state index contributed by atoms with van der Waals surface area (Å²) in [4.78, 5) is 7.85. The lowest BCUT2D eigenvalue weighted by atomic mass is 9.99. The lowest BCUT2D eigenvalue weighted by Gasteiger charge is -2.29. The number of hydrogen-bond donors (Lipinski definition) is 1. The smallest absolute Gasteiger partial charge is 0.180 e. The number of hydrogen-bond acceptors (Lipinski definition) is 4. The molecule has 1 aromatic heterocycles. The molecule has 0 atom stereocenters. The molecule has 1 aliphatic rings. The highest BCUT2D eigenvalue weighted by molar-refractivity contribution is 7.15. The summed E-state index contributed by atoms with van der Waals surface area (Å²) < 4.78 is 0. The monoisotopic (exact) mass is 211 g/mol. The molecule has 2 heterocycles. The van der Waals surface area contributed by atoms with E-state index < -0.39 is 0 Å². The standard InChI is InChI=1S/C10H17N3S/c1-8-2-4-13(5-3-8)7-9-6-12-10(11)14-9/h6,8H,2-5,7H2,1H3,(H2,11,12). The van der Waals surface area contributed by atoms with Gasteiger partial charge in [0.05, 0.1) is 0 Å². The quantitative estimate of drug-likeness (QED) is 0.813. The predicted molar refractivity (Wildman–Crippen MR) is 60.2 cm³/mol. The van der Waals surface area contributed by atoms with Crippen molar-refractivity contribution in [1.82, 2.24) is 9.88 Å². The molecule has 4 heteroatoms. The molecule has 1 saturated heterocycles. The van der Waals surface area contributed by atoms with E-state index in [0.29, 0.717) is 5.13 Å². The summed E-state index contributed by atoms with van der Waals surface area (Å²) >= 11 is 1.61. The molecule has 0 bridgehead atoms. The van der Waals surface area contributed by atoms with E-state index in [1.54, 1.807) is 11.3 Å². The Balaban J connectivity index is 1.86. The zero-order valence-electron chi connectivity index (χ0n) is 8.57. The highest BCUT2D eigenvalue weighted by atomic mass is 32.1. The Labute approximate surface area is 88.9 Å². The Morgan fingerprint density at radius 2 is 2.29 bits per heavy atom. The van der Waals surface area contributed by atoms with E-state index in [4.69, 9.17) is 5.73 Å². The maximum absolute atomic E-state index is 5.59. The Kier molecular flexibility index (Phi) is 3.03. The van der Waals surface area contributed by atoms with Crippen LogP contribution in [0, 0.1) is 5.92 Å². The first-order chi connectivity index (χ1) is 6.74. The van der Waals surface area contributed by atoms with Crippen LogP contribution in [0.3, 0.4) is 0 Å². The topological polar surface area (TPSA) is 42.2 Å². The maximum Gasteiger partial charge on any atom is 0.180 e. The second kappa shape index (κ2) is 4.28. The molecule has 0 unspecified atom stereocenters. The largest absolute Gasteiger partial charge is 0.375 e. The van der Waals surface area contributed by atoms with Gasteiger partial charge in [0.1, 0.15) is 0 Å². The molecule has 0 aromatic carbocycles. The van der Waals surface area contributed by atoms with Gasteiger partial charge in [-0.15, -0.1) is 11.3 Å². The van der Waals surface area contributed by atoms with Gasteiger partial charge in [0.2, 0.25) is 0 Å². The normalized spacial score (nSPS) is 20.1. The number of likely N-dealkylation sites (tertiary alicyclic amines) is 1. The minimum atomic E-state index is 0.686. The van der Waals surface area contributed by atoms with Crippen LogP contribution in [0.25, 0.3) is 0 Å². The third-order valence-electron chi connectivity index (χ3n) is 2.83. The molecule has 0 amide bonds. The Bertz CT molecular complexity index is 289. The molecular formula is C10H17N3S. The van der Waals surface area contributed by atoms with Gasteiger partial charge in [-0.05, 0) is 31.8 Å². The van der Waals surface area contributed by atoms with Crippen LogP contribution in [0.2, 0.25) is 0 Å². The average molecular weight is 211 g/mol. The maximum atomic E-state index is 5.59. The predicted octanol–water partition coefficient (Wildman–Crippen LogP) is 1.96. The highest BCUT2D eigenvalue weighted by Crippen LogP contribution is 2.21. The summed E-state index contributed by atoms with van der Waals surface area (Å²) in [7, 11) is 0. The highest BCUT2D eigenvalue weighted by Gasteiger charge is 2.16. The molecule has 78 valence electrons. The van der Waals surface area contributed by atoms with Gasteiger partial charge in [-0.2, -0.15) is 0 Å². The SMILES string of the molecule is CC1CCN(Cc2cnc(N)s2)CC1. The molecule has 2 N–H and O–H groups in total. The minimum absolute atomic E-state index is 0.686. The summed E-state index contributed by atoms with van der Waals surface area (Å²) in [5.74, 6) is 0.901. The van der Waals surface area contributed by atoms with Crippen LogP contribution in [0.4, 0.5) is 5.13 Å². The Hall–Kier alpha value is -0.610. The fourth-order valence-corrected chi connectivity index (χ4v) is 2.56. The Morgan fingerprint density at radius 3 is 2.86 bits per heavy atom. The molecule has 0 spiro atoms. The zero-order valence-corrected chi connectivity index (χ0v) is 9.39. The molecule has 2 rings (SSSR count). The molecule has 14 heavy (non-hydrogen) atoms. The first kappa shape index (κ1) is 9.93. The van der Waals surface area contributed by atoms with Gasteiger partial charge in [-0.3, -0.25) is 4.90 Å². The van der Waals surface area contributed by atoms with Gasteiger partial charge in [0.25, 0.3) is 0 Å². The van der Waals surface area contributed by atoms with E-state index in [1.807, 2.05) is 6.20 Å². The van der Waals surface area contributed by atoms with Gasteiger partial charge >= 0.3 is 0 Å². The van der Waals surface area contributed by atoms with E-state index in [0.717, 1.165) is 12.5 Å². The second-order valence-electron chi connectivity index (χ2n) is 4.12.